The van der Waals surface area contributed by atoms with Crippen molar-refractivity contribution in [3.8, 4) is 0 Å². The second-order valence-electron chi connectivity index (χ2n) is 3.70. The Morgan fingerprint density at radius 3 is 2.62 bits per heavy atom. The molecule has 0 bridgehead atoms. The van der Waals surface area contributed by atoms with E-state index < -0.39 is 11.7 Å². The second-order valence-corrected chi connectivity index (χ2v) is 4.11. The van der Waals surface area contributed by atoms with Gasteiger partial charge >= 0.3 is 6.18 Å². The Balaban J connectivity index is 2.30. The van der Waals surface area contributed by atoms with Crippen LogP contribution in [-0.4, -0.2) is 19.1 Å². The molecule has 1 aliphatic rings. The molecule has 6 heteroatoms. The number of anilines is 1. The topological polar surface area (TPSA) is 29.0 Å². The minimum atomic E-state index is -4.42. The van der Waals surface area contributed by atoms with Gasteiger partial charge in [-0.3, -0.25) is 0 Å². The molecule has 0 amide bonds. The maximum absolute atomic E-state index is 12.6. The van der Waals surface area contributed by atoms with Crippen molar-refractivity contribution >= 4 is 17.3 Å². The fraction of sp³-hybridized carbons (Fsp3) is 0.400. The lowest BCUT2D eigenvalue weighted by molar-refractivity contribution is -0.137. The van der Waals surface area contributed by atoms with Gasteiger partial charge in [0.05, 0.1) is 16.6 Å². The van der Waals surface area contributed by atoms with Crippen molar-refractivity contribution in [1.82, 2.24) is 0 Å². The lowest BCUT2D eigenvalue weighted by Crippen LogP contribution is -2.12. The molecule has 88 valence electrons. The van der Waals surface area contributed by atoms with Gasteiger partial charge in [0, 0.05) is 18.8 Å². The molecule has 2 N–H and O–H groups in total. The van der Waals surface area contributed by atoms with Gasteiger partial charge < -0.3 is 10.6 Å². The largest absolute Gasteiger partial charge is 0.417 e. The van der Waals surface area contributed by atoms with Gasteiger partial charge in [0.15, 0.2) is 0 Å². The number of hydrogen-bond donors (Lipinski definition) is 1. The summed E-state index contributed by atoms with van der Waals surface area (Å²) < 4.78 is 37.7. The molecule has 1 aliphatic heterocycles. The van der Waals surface area contributed by atoms with Crippen LogP contribution in [0.2, 0.25) is 5.02 Å². The highest BCUT2D eigenvalue weighted by Crippen LogP contribution is 2.38. The fourth-order valence-electron chi connectivity index (χ4n) is 1.61. The van der Waals surface area contributed by atoms with Crippen molar-refractivity contribution in [2.45, 2.75) is 12.2 Å². The predicted octanol–water partition coefficient (Wildman–Crippen LogP) is 2.51. The Bertz CT molecular complexity index is 406. The fourth-order valence-corrected chi connectivity index (χ4v) is 1.83. The summed E-state index contributed by atoms with van der Waals surface area (Å²) in [7, 11) is 0. The van der Waals surface area contributed by atoms with E-state index in [1.807, 2.05) is 4.90 Å². The van der Waals surface area contributed by atoms with Crippen LogP contribution in [0.25, 0.3) is 0 Å². The van der Waals surface area contributed by atoms with E-state index >= 15 is 0 Å². The van der Waals surface area contributed by atoms with E-state index in [2.05, 4.69) is 0 Å². The first-order valence-electron chi connectivity index (χ1n) is 4.77. The van der Waals surface area contributed by atoms with Crippen LogP contribution in [0.1, 0.15) is 5.56 Å². The van der Waals surface area contributed by atoms with Crippen molar-refractivity contribution in [3.05, 3.63) is 28.8 Å². The summed E-state index contributed by atoms with van der Waals surface area (Å²) in [6.45, 7) is 1.15. The molecular weight excluding hydrogens is 241 g/mol. The predicted molar refractivity (Wildman–Crippen MR) is 56.6 cm³/mol. The average molecular weight is 251 g/mol. The van der Waals surface area contributed by atoms with Crippen LogP contribution in [-0.2, 0) is 6.18 Å². The summed E-state index contributed by atoms with van der Waals surface area (Å²) in [5, 5.41) is -0.276. The third kappa shape index (κ3) is 2.10. The number of hydrogen-bond acceptors (Lipinski definition) is 2. The molecule has 0 aliphatic carbocycles. The zero-order valence-corrected chi connectivity index (χ0v) is 9.02. The molecule has 1 aromatic rings. The van der Waals surface area contributed by atoms with Gasteiger partial charge in [0.25, 0.3) is 0 Å². The molecule has 0 saturated carbocycles. The molecule has 1 fully saturated rings. The Kier molecular flexibility index (Phi) is 2.75. The highest BCUT2D eigenvalue weighted by molar-refractivity contribution is 6.31. The minimum absolute atomic E-state index is 0.155. The number of halogens is 4. The first-order chi connectivity index (χ1) is 7.43. The number of nitrogens with zero attached hydrogens (tertiary/aromatic N) is 1. The monoisotopic (exact) mass is 250 g/mol. The van der Waals surface area contributed by atoms with Gasteiger partial charge in [-0.2, -0.15) is 13.2 Å². The zero-order chi connectivity index (χ0) is 11.9. The van der Waals surface area contributed by atoms with Gasteiger partial charge in [-0.25, -0.2) is 0 Å². The van der Waals surface area contributed by atoms with Crippen LogP contribution in [0.5, 0.6) is 0 Å². The number of benzene rings is 1. The van der Waals surface area contributed by atoms with Gasteiger partial charge in [0.1, 0.15) is 0 Å². The van der Waals surface area contributed by atoms with E-state index in [0.717, 1.165) is 6.07 Å². The molecule has 16 heavy (non-hydrogen) atoms. The van der Waals surface area contributed by atoms with Crippen molar-refractivity contribution in [2.24, 2.45) is 5.73 Å². The smallest absolute Gasteiger partial charge is 0.363 e. The summed E-state index contributed by atoms with van der Waals surface area (Å²) in [6.07, 6.45) is -4.42. The summed E-state index contributed by atoms with van der Waals surface area (Å²) >= 11 is 5.51. The molecule has 0 aromatic heterocycles. The van der Waals surface area contributed by atoms with E-state index in [-0.39, 0.29) is 11.1 Å². The molecule has 1 atom stereocenters. The molecule has 2 rings (SSSR count). The van der Waals surface area contributed by atoms with E-state index in [0.29, 0.717) is 18.8 Å². The van der Waals surface area contributed by atoms with Crippen LogP contribution in [0, 0.1) is 0 Å². The van der Waals surface area contributed by atoms with E-state index in [9.17, 15) is 13.2 Å². The first kappa shape index (κ1) is 11.5. The Morgan fingerprint density at radius 1 is 1.44 bits per heavy atom. The Labute approximate surface area is 95.8 Å². The highest BCUT2D eigenvalue weighted by Gasteiger charge is 2.37. The van der Waals surface area contributed by atoms with Crippen LogP contribution >= 0.6 is 11.6 Å². The molecule has 1 unspecified atom stereocenters. The van der Waals surface area contributed by atoms with Gasteiger partial charge in [0.2, 0.25) is 0 Å². The summed E-state index contributed by atoms with van der Waals surface area (Å²) in [5.74, 6) is 0. The van der Waals surface area contributed by atoms with E-state index in [4.69, 9.17) is 17.3 Å². The van der Waals surface area contributed by atoms with Crippen molar-refractivity contribution in [3.63, 3.8) is 0 Å². The SMILES string of the molecule is NCC1CN1c1ccc(Cl)c(C(F)(F)F)c1. The van der Waals surface area contributed by atoms with Gasteiger partial charge in [-0.15, -0.1) is 0 Å². The molecular formula is C10H10ClF3N2. The lowest BCUT2D eigenvalue weighted by Gasteiger charge is -2.12. The molecule has 1 saturated heterocycles. The quantitative estimate of drug-likeness (QED) is 0.817. The third-order valence-corrected chi connectivity index (χ3v) is 2.90. The zero-order valence-electron chi connectivity index (χ0n) is 8.26. The Hall–Kier alpha value is -0.940. The lowest BCUT2D eigenvalue weighted by atomic mass is 10.2. The van der Waals surface area contributed by atoms with Crippen LogP contribution in [0.4, 0.5) is 18.9 Å². The van der Waals surface area contributed by atoms with Crippen LogP contribution in [0.3, 0.4) is 0 Å². The maximum Gasteiger partial charge on any atom is 0.417 e. The van der Waals surface area contributed by atoms with Gasteiger partial charge in [-0.1, -0.05) is 11.6 Å². The molecule has 2 nitrogen and oxygen atoms in total. The summed E-state index contributed by atoms with van der Waals surface area (Å²) in [5.41, 5.74) is 5.15. The summed E-state index contributed by atoms with van der Waals surface area (Å²) in [6, 6.07) is 4.07. The third-order valence-electron chi connectivity index (χ3n) is 2.57. The van der Waals surface area contributed by atoms with Crippen molar-refractivity contribution in [1.29, 1.82) is 0 Å². The minimum Gasteiger partial charge on any atom is -0.363 e. The van der Waals surface area contributed by atoms with Gasteiger partial charge in [-0.05, 0) is 18.2 Å². The standard InChI is InChI=1S/C10H10ClF3N2/c11-9-2-1-6(16-5-7(16)4-15)3-8(9)10(12,13)14/h1-3,7H,4-5,15H2. The van der Waals surface area contributed by atoms with Crippen LogP contribution < -0.4 is 10.6 Å². The molecule has 1 heterocycles. The molecule has 0 radical (unpaired) electrons. The normalized spacial score (nSPS) is 20.1. The maximum atomic E-state index is 12.6. The average Bonchev–Trinajstić information content (AvgIpc) is 2.96. The second kappa shape index (κ2) is 3.82. The molecule has 1 aromatic carbocycles. The van der Waals surface area contributed by atoms with Crippen molar-refractivity contribution in [2.75, 3.05) is 18.0 Å². The summed E-state index contributed by atoms with van der Waals surface area (Å²) in [4.78, 5) is 1.81. The Morgan fingerprint density at radius 2 is 2.12 bits per heavy atom. The number of rotatable bonds is 2. The molecule has 0 spiro atoms. The first-order valence-corrected chi connectivity index (χ1v) is 5.14. The van der Waals surface area contributed by atoms with Crippen LogP contribution in [0.15, 0.2) is 18.2 Å². The van der Waals surface area contributed by atoms with E-state index in [1.165, 1.54) is 6.07 Å². The highest BCUT2D eigenvalue weighted by atomic mass is 35.5. The number of alkyl halides is 3. The van der Waals surface area contributed by atoms with E-state index in [1.54, 1.807) is 6.07 Å². The van der Waals surface area contributed by atoms with Crippen molar-refractivity contribution < 1.29 is 13.2 Å². The number of nitrogens with two attached hydrogens (primary N) is 1.